The van der Waals surface area contributed by atoms with Gasteiger partial charge in [0.25, 0.3) is 0 Å². The molecule has 0 atom stereocenters. The fourth-order valence-electron chi connectivity index (χ4n) is 1.98. The van der Waals surface area contributed by atoms with Crippen molar-refractivity contribution in [1.82, 2.24) is 14.8 Å². The highest BCUT2D eigenvalue weighted by Gasteiger charge is 2.33. The highest BCUT2D eigenvalue weighted by atomic mass is 19.4. The van der Waals surface area contributed by atoms with E-state index in [9.17, 15) is 13.2 Å². The Morgan fingerprint density at radius 2 is 1.91 bits per heavy atom. The molecule has 0 saturated heterocycles. The predicted molar refractivity (Wildman–Crippen MR) is 73.9 cm³/mol. The number of aryl methyl sites for hydroxylation is 1. The van der Waals surface area contributed by atoms with Gasteiger partial charge >= 0.3 is 6.18 Å². The second-order valence-electron chi connectivity index (χ2n) is 4.70. The smallest absolute Gasteiger partial charge is 0.385 e. The second-order valence-corrected chi connectivity index (χ2v) is 4.70. The summed E-state index contributed by atoms with van der Waals surface area (Å²) in [5.41, 5.74) is -0.827. The van der Waals surface area contributed by atoms with Crippen LogP contribution in [-0.4, -0.2) is 21.3 Å². The molecular formula is C14H14F3N5. The number of unbranched alkanes of at least 4 members (excludes halogenated alkanes) is 1. The molecule has 116 valence electrons. The molecular weight excluding hydrogens is 295 g/mol. The van der Waals surface area contributed by atoms with E-state index in [1.54, 1.807) is 18.7 Å². The molecule has 0 saturated carbocycles. The Morgan fingerprint density at radius 3 is 2.55 bits per heavy atom. The molecule has 0 spiro atoms. The molecule has 5 nitrogen and oxygen atoms in total. The summed E-state index contributed by atoms with van der Waals surface area (Å²) in [6.07, 6.45) is 0.196. The highest BCUT2D eigenvalue weighted by Crippen LogP contribution is 2.35. The first kappa shape index (κ1) is 15.8. The van der Waals surface area contributed by atoms with Crippen LogP contribution in [0.1, 0.15) is 24.0 Å². The maximum absolute atomic E-state index is 13.0. The molecule has 2 aromatic rings. The summed E-state index contributed by atoms with van der Waals surface area (Å²) in [5, 5.41) is 18.8. The van der Waals surface area contributed by atoms with Crippen LogP contribution < -0.4 is 5.32 Å². The number of nitrogens with zero attached hydrogens (tertiary/aromatic N) is 4. The van der Waals surface area contributed by atoms with Crippen molar-refractivity contribution in [2.45, 2.75) is 25.6 Å². The lowest BCUT2D eigenvalue weighted by Crippen LogP contribution is -2.12. The van der Waals surface area contributed by atoms with Crippen LogP contribution in [0, 0.1) is 11.3 Å². The van der Waals surface area contributed by atoms with Gasteiger partial charge in [0.05, 0.1) is 17.2 Å². The molecule has 0 unspecified atom stereocenters. The van der Waals surface area contributed by atoms with Crippen LogP contribution in [0.3, 0.4) is 0 Å². The first-order valence-corrected chi connectivity index (χ1v) is 6.68. The second kappa shape index (κ2) is 6.93. The molecule has 2 rings (SSSR count). The van der Waals surface area contributed by atoms with Crippen LogP contribution in [0.5, 0.6) is 0 Å². The zero-order valence-electron chi connectivity index (χ0n) is 11.6. The predicted octanol–water partition coefficient (Wildman–Crippen LogP) is 3.06. The number of hydrogen-bond donors (Lipinski definition) is 1. The Balaban J connectivity index is 1.90. The van der Waals surface area contributed by atoms with Gasteiger partial charge in [-0.2, -0.15) is 18.4 Å². The summed E-state index contributed by atoms with van der Waals surface area (Å²) >= 11 is 0. The van der Waals surface area contributed by atoms with Gasteiger partial charge in [-0.25, -0.2) is 0 Å². The average molecular weight is 309 g/mol. The summed E-state index contributed by atoms with van der Waals surface area (Å²) in [6, 6.07) is 5.24. The monoisotopic (exact) mass is 309 g/mol. The van der Waals surface area contributed by atoms with Crippen molar-refractivity contribution in [3.05, 3.63) is 42.0 Å². The van der Waals surface area contributed by atoms with Crippen LogP contribution >= 0.6 is 0 Å². The number of anilines is 1. The number of aromatic nitrogens is 3. The van der Waals surface area contributed by atoms with Crippen LogP contribution in [0.15, 0.2) is 30.9 Å². The van der Waals surface area contributed by atoms with Gasteiger partial charge in [-0.1, -0.05) is 0 Å². The molecule has 0 bridgehead atoms. The molecule has 1 heterocycles. The molecule has 8 heteroatoms. The van der Waals surface area contributed by atoms with Crippen LogP contribution in [0.25, 0.3) is 0 Å². The van der Waals surface area contributed by atoms with E-state index in [0.717, 1.165) is 12.5 Å². The quantitative estimate of drug-likeness (QED) is 0.833. The lowest BCUT2D eigenvalue weighted by molar-refractivity contribution is -0.137. The van der Waals surface area contributed by atoms with Crippen molar-refractivity contribution in [1.29, 1.82) is 5.26 Å². The Labute approximate surface area is 125 Å². The first-order chi connectivity index (χ1) is 10.5. The SMILES string of the molecule is N#Cc1ccc(NCCCCn2cnnc2)c(C(F)(F)F)c1. The fraction of sp³-hybridized carbons (Fsp3) is 0.357. The maximum atomic E-state index is 13.0. The van der Waals surface area contributed by atoms with Crippen molar-refractivity contribution in [2.24, 2.45) is 0 Å². The van der Waals surface area contributed by atoms with Crippen molar-refractivity contribution in [3.63, 3.8) is 0 Å². The fourth-order valence-corrected chi connectivity index (χ4v) is 1.98. The summed E-state index contributed by atoms with van der Waals surface area (Å²) in [5.74, 6) is 0. The van der Waals surface area contributed by atoms with Gasteiger partial charge in [0.2, 0.25) is 0 Å². The lowest BCUT2D eigenvalue weighted by Gasteiger charge is -2.14. The van der Waals surface area contributed by atoms with Gasteiger partial charge in [-0.15, -0.1) is 10.2 Å². The number of hydrogen-bond acceptors (Lipinski definition) is 4. The zero-order chi connectivity index (χ0) is 16.0. The van der Waals surface area contributed by atoms with Crippen LogP contribution in [0.2, 0.25) is 0 Å². The molecule has 1 N–H and O–H groups in total. The average Bonchev–Trinajstić information content (AvgIpc) is 2.99. The number of halogens is 3. The number of nitrogens with one attached hydrogen (secondary N) is 1. The van der Waals surface area contributed by atoms with Gasteiger partial charge < -0.3 is 9.88 Å². The minimum atomic E-state index is -4.49. The van der Waals surface area contributed by atoms with Gasteiger partial charge in [0.1, 0.15) is 12.7 Å². The molecule has 1 aromatic carbocycles. The number of alkyl halides is 3. The molecule has 1 aromatic heterocycles. The van der Waals surface area contributed by atoms with Gasteiger partial charge in [0, 0.05) is 18.8 Å². The Morgan fingerprint density at radius 1 is 1.18 bits per heavy atom. The zero-order valence-corrected chi connectivity index (χ0v) is 11.6. The van der Waals surface area contributed by atoms with E-state index in [-0.39, 0.29) is 11.3 Å². The van der Waals surface area contributed by atoms with Crippen molar-refractivity contribution >= 4 is 5.69 Å². The van der Waals surface area contributed by atoms with E-state index in [0.29, 0.717) is 19.5 Å². The van der Waals surface area contributed by atoms with Crippen LogP contribution in [-0.2, 0) is 12.7 Å². The summed E-state index contributed by atoms with van der Waals surface area (Å²) in [7, 11) is 0. The third kappa shape index (κ3) is 4.22. The summed E-state index contributed by atoms with van der Waals surface area (Å²) in [4.78, 5) is 0. The number of benzene rings is 1. The standard InChI is InChI=1S/C14H14F3N5/c15-14(16,17)12-7-11(8-18)3-4-13(12)19-5-1-2-6-22-9-20-21-10-22/h3-4,7,9-10,19H,1-2,5-6H2. The van der Waals surface area contributed by atoms with E-state index in [2.05, 4.69) is 15.5 Å². The largest absolute Gasteiger partial charge is 0.418 e. The summed E-state index contributed by atoms with van der Waals surface area (Å²) < 4.78 is 40.7. The van der Waals surface area contributed by atoms with Crippen LogP contribution in [0.4, 0.5) is 18.9 Å². The van der Waals surface area contributed by atoms with E-state index in [1.807, 2.05) is 4.57 Å². The van der Waals surface area contributed by atoms with Crippen molar-refractivity contribution < 1.29 is 13.2 Å². The molecule has 0 radical (unpaired) electrons. The summed E-state index contributed by atoms with van der Waals surface area (Å²) in [6.45, 7) is 1.13. The maximum Gasteiger partial charge on any atom is 0.418 e. The normalized spacial score (nSPS) is 11.2. The molecule has 0 fully saturated rings. The van der Waals surface area contributed by atoms with E-state index in [1.165, 1.54) is 12.1 Å². The Bertz CT molecular complexity index is 643. The van der Waals surface area contributed by atoms with Crippen molar-refractivity contribution in [2.75, 3.05) is 11.9 Å². The topological polar surface area (TPSA) is 66.5 Å². The van der Waals surface area contributed by atoms with E-state index in [4.69, 9.17) is 5.26 Å². The van der Waals surface area contributed by atoms with Crippen molar-refractivity contribution in [3.8, 4) is 6.07 Å². The highest BCUT2D eigenvalue weighted by molar-refractivity contribution is 5.56. The van der Waals surface area contributed by atoms with Gasteiger partial charge in [-0.05, 0) is 31.0 Å². The molecule has 0 aliphatic rings. The number of rotatable bonds is 6. The van der Waals surface area contributed by atoms with Gasteiger partial charge in [-0.3, -0.25) is 0 Å². The Kier molecular flexibility index (Phi) is 4.99. The molecule has 22 heavy (non-hydrogen) atoms. The number of nitriles is 1. The minimum absolute atomic E-state index is 0.00389. The molecule has 0 aliphatic heterocycles. The Hall–Kier alpha value is -2.56. The molecule has 0 amide bonds. The lowest BCUT2D eigenvalue weighted by atomic mass is 10.1. The van der Waals surface area contributed by atoms with E-state index < -0.39 is 11.7 Å². The first-order valence-electron chi connectivity index (χ1n) is 6.68. The molecule has 0 aliphatic carbocycles. The van der Waals surface area contributed by atoms with E-state index >= 15 is 0 Å². The third-order valence-electron chi connectivity index (χ3n) is 3.08. The third-order valence-corrected chi connectivity index (χ3v) is 3.08. The minimum Gasteiger partial charge on any atom is -0.385 e. The van der Waals surface area contributed by atoms with Gasteiger partial charge in [0.15, 0.2) is 0 Å².